The normalized spacial score (nSPS) is 10.1. The van der Waals surface area contributed by atoms with E-state index >= 15 is 0 Å². The molecule has 0 saturated heterocycles. The van der Waals surface area contributed by atoms with E-state index in [0.717, 1.165) is 5.69 Å². The van der Waals surface area contributed by atoms with Crippen molar-refractivity contribution in [3.05, 3.63) is 60.9 Å². The first-order valence-electron chi connectivity index (χ1n) is 6.41. The first-order chi connectivity index (χ1) is 10.3. The van der Waals surface area contributed by atoms with E-state index in [-0.39, 0.29) is 6.03 Å². The van der Waals surface area contributed by atoms with Gasteiger partial charge in [0, 0.05) is 18.1 Å². The van der Waals surface area contributed by atoms with Crippen LogP contribution in [0.25, 0.3) is 11.4 Å². The Morgan fingerprint density at radius 1 is 1.00 bits per heavy atom. The highest BCUT2D eigenvalue weighted by molar-refractivity contribution is 6.01. The topological polar surface area (TPSA) is 82.7 Å². The number of urea groups is 1. The number of benzene rings is 1. The van der Waals surface area contributed by atoms with Crippen molar-refractivity contribution < 1.29 is 4.79 Å². The van der Waals surface area contributed by atoms with E-state index in [1.165, 1.54) is 0 Å². The van der Waals surface area contributed by atoms with Gasteiger partial charge in [0.05, 0.1) is 11.4 Å². The molecule has 0 bridgehead atoms. The standard InChI is InChI=1S/C15H13N5O/c21-15(18-11-6-2-1-3-7-11)19-13-10-17-20-14(13)12-8-4-5-9-16-12/h1-10H,(H,17,20)(H2,18,19,21). The third-order valence-electron chi connectivity index (χ3n) is 2.83. The third-order valence-corrected chi connectivity index (χ3v) is 2.83. The Labute approximate surface area is 121 Å². The van der Waals surface area contributed by atoms with Gasteiger partial charge in [-0.2, -0.15) is 5.10 Å². The highest BCUT2D eigenvalue weighted by Gasteiger charge is 2.12. The number of carbonyl (C=O) groups is 1. The van der Waals surface area contributed by atoms with Gasteiger partial charge in [0.25, 0.3) is 0 Å². The molecular formula is C15H13N5O. The van der Waals surface area contributed by atoms with Crippen LogP contribution in [0.15, 0.2) is 60.9 Å². The van der Waals surface area contributed by atoms with Gasteiger partial charge in [-0.05, 0) is 24.3 Å². The molecule has 3 rings (SSSR count). The van der Waals surface area contributed by atoms with Crippen molar-refractivity contribution in [2.45, 2.75) is 0 Å². The molecule has 6 heteroatoms. The van der Waals surface area contributed by atoms with Gasteiger partial charge in [0.2, 0.25) is 0 Å². The third kappa shape index (κ3) is 3.06. The van der Waals surface area contributed by atoms with Crippen molar-refractivity contribution in [1.29, 1.82) is 0 Å². The summed E-state index contributed by atoms with van der Waals surface area (Å²) in [6, 6.07) is 14.4. The van der Waals surface area contributed by atoms with Crippen molar-refractivity contribution >= 4 is 17.4 Å². The Kier molecular flexibility index (Phi) is 3.60. The Morgan fingerprint density at radius 3 is 2.57 bits per heavy atom. The Hall–Kier alpha value is -3.15. The monoisotopic (exact) mass is 279 g/mol. The second-order valence-corrected chi connectivity index (χ2v) is 4.31. The minimum atomic E-state index is -0.334. The highest BCUT2D eigenvalue weighted by Crippen LogP contribution is 2.23. The number of para-hydroxylation sites is 1. The Balaban J connectivity index is 1.74. The van der Waals surface area contributed by atoms with Crippen LogP contribution in [0.1, 0.15) is 0 Å². The molecule has 2 amide bonds. The van der Waals surface area contributed by atoms with Crippen LogP contribution in [-0.2, 0) is 0 Å². The number of pyridine rings is 1. The molecule has 0 aliphatic carbocycles. The lowest BCUT2D eigenvalue weighted by Gasteiger charge is -2.07. The van der Waals surface area contributed by atoms with Gasteiger partial charge < -0.3 is 10.6 Å². The molecule has 21 heavy (non-hydrogen) atoms. The number of nitrogens with one attached hydrogen (secondary N) is 3. The summed E-state index contributed by atoms with van der Waals surface area (Å²) in [6.07, 6.45) is 3.30. The number of rotatable bonds is 3. The van der Waals surface area contributed by atoms with Gasteiger partial charge in [-0.25, -0.2) is 4.79 Å². The zero-order valence-corrected chi connectivity index (χ0v) is 11.1. The number of anilines is 2. The number of carbonyl (C=O) groups excluding carboxylic acids is 1. The second kappa shape index (κ2) is 5.87. The number of aromatic nitrogens is 3. The summed E-state index contributed by atoms with van der Waals surface area (Å²) in [6.45, 7) is 0. The summed E-state index contributed by atoms with van der Waals surface area (Å²) in [5.74, 6) is 0. The van der Waals surface area contributed by atoms with Crippen LogP contribution in [0.2, 0.25) is 0 Å². The number of nitrogens with zero attached hydrogens (tertiary/aromatic N) is 2. The SMILES string of the molecule is O=C(Nc1ccccc1)Nc1c[nH]nc1-c1ccccn1. The molecular weight excluding hydrogens is 266 g/mol. The average molecular weight is 279 g/mol. The molecule has 3 N–H and O–H groups in total. The quantitative estimate of drug-likeness (QED) is 0.689. The molecule has 6 nitrogen and oxygen atoms in total. The van der Waals surface area contributed by atoms with Crippen LogP contribution in [0.4, 0.5) is 16.2 Å². The van der Waals surface area contributed by atoms with Crippen LogP contribution >= 0.6 is 0 Å². The molecule has 0 aliphatic heterocycles. The van der Waals surface area contributed by atoms with E-state index in [1.807, 2.05) is 48.5 Å². The van der Waals surface area contributed by atoms with E-state index in [0.29, 0.717) is 17.1 Å². The summed E-state index contributed by atoms with van der Waals surface area (Å²) >= 11 is 0. The first kappa shape index (κ1) is 12.9. The molecule has 2 aromatic heterocycles. The molecule has 0 aliphatic rings. The van der Waals surface area contributed by atoms with Gasteiger partial charge in [-0.15, -0.1) is 0 Å². The van der Waals surface area contributed by atoms with E-state index in [2.05, 4.69) is 25.8 Å². The summed E-state index contributed by atoms with van der Waals surface area (Å²) in [7, 11) is 0. The molecule has 0 spiro atoms. The van der Waals surface area contributed by atoms with E-state index in [4.69, 9.17) is 0 Å². The maximum Gasteiger partial charge on any atom is 0.323 e. The molecule has 104 valence electrons. The fourth-order valence-electron chi connectivity index (χ4n) is 1.89. The van der Waals surface area contributed by atoms with Gasteiger partial charge in [0.15, 0.2) is 0 Å². The number of hydrogen-bond acceptors (Lipinski definition) is 3. The van der Waals surface area contributed by atoms with Crippen molar-refractivity contribution in [1.82, 2.24) is 15.2 Å². The average Bonchev–Trinajstić information content (AvgIpc) is 2.97. The van der Waals surface area contributed by atoms with Crippen LogP contribution in [0.3, 0.4) is 0 Å². The van der Waals surface area contributed by atoms with Gasteiger partial charge in [-0.1, -0.05) is 24.3 Å². The summed E-state index contributed by atoms with van der Waals surface area (Å²) in [5, 5.41) is 12.4. The van der Waals surface area contributed by atoms with Crippen molar-refractivity contribution in [2.75, 3.05) is 10.6 Å². The van der Waals surface area contributed by atoms with Gasteiger partial charge in [0.1, 0.15) is 5.69 Å². The van der Waals surface area contributed by atoms with E-state index < -0.39 is 0 Å². The number of amides is 2. The lowest BCUT2D eigenvalue weighted by atomic mass is 10.2. The lowest BCUT2D eigenvalue weighted by Crippen LogP contribution is -2.19. The maximum absolute atomic E-state index is 12.0. The highest BCUT2D eigenvalue weighted by atomic mass is 16.2. The Bertz CT molecular complexity index is 724. The molecule has 0 saturated carbocycles. The molecule has 3 aromatic rings. The zero-order valence-electron chi connectivity index (χ0n) is 11.1. The fourth-order valence-corrected chi connectivity index (χ4v) is 1.89. The summed E-state index contributed by atoms with van der Waals surface area (Å²) < 4.78 is 0. The fraction of sp³-hybridized carbons (Fsp3) is 0. The van der Waals surface area contributed by atoms with E-state index in [9.17, 15) is 4.79 Å². The van der Waals surface area contributed by atoms with Crippen LogP contribution in [0.5, 0.6) is 0 Å². The molecule has 0 radical (unpaired) electrons. The predicted octanol–water partition coefficient (Wildman–Crippen LogP) is 3.12. The van der Waals surface area contributed by atoms with Gasteiger partial charge in [-0.3, -0.25) is 10.1 Å². The predicted molar refractivity (Wildman–Crippen MR) is 80.9 cm³/mol. The number of aromatic amines is 1. The molecule has 0 atom stereocenters. The minimum Gasteiger partial charge on any atom is -0.308 e. The van der Waals surface area contributed by atoms with Crippen LogP contribution < -0.4 is 10.6 Å². The van der Waals surface area contributed by atoms with Gasteiger partial charge >= 0.3 is 6.03 Å². The molecule has 0 fully saturated rings. The number of hydrogen-bond donors (Lipinski definition) is 3. The molecule has 0 unspecified atom stereocenters. The number of H-pyrrole nitrogens is 1. The Morgan fingerprint density at radius 2 is 1.81 bits per heavy atom. The van der Waals surface area contributed by atoms with Crippen molar-refractivity contribution in [3.63, 3.8) is 0 Å². The largest absolute Gasteiger partial charge is 0.323 e. The second-order valence-electron chi connectivity index (χ2n) is 4.31. The maximum atomic E-state index is 12.0. The van der Waals surface area contributed by atoms with Crippen molar-refractivity contribution in [3.8, 4) is 11.4 Å². The summed E-state index contributed by atoms with van der Waals surface area (Å²) in [5.41, 5.74) is 2.58. The smallest absolute Gasteiger partial charge is 0.308 e. The minimum absolute atomic E-state index is 0.334. The summed E-state index contributed by atoms with van der Waals surface area (Å²) in [4.78, 5) is 16.2. The van der Waals surface area contributed by atoms with Crippen LogP contribution in [0, 0.1) is 0 Å². The zero-order chi connectivity index (χ0) is 14.5. The first-order valence-corrected chi connectivity index (χ1v) is 6.41. The van der Waals surface area contributed by atoms with E-state index in [1.54, 1.807) is 12.4 Å². The molecule has 2 heterocycles. The molecule has 1 aromatic carbocycles. The van der Waals surface area contributed by atoms with Crippen LogP contribution in [-0.4, -0.2) is 21.2 Å². The lowest BCUT2D eigenvalue weighted by molar-refractivity contribution is 0.262. The van der Waals surface area contributed by atoms with Crippen molar-refractivity contribution in [2.24, 2.45) is 0 Å².